The average molecular weight is 410 g/mol. The third-order valence-corrected chi connectivity index (χ3v) is 6.05. The van der Waals surface area contributed by atoms with Crippen molar-refractivity contribution in [2.45, 2.75) is 18.7 Å². The molecule has 0 saturated carbocycles. The number of anilines is 2. The lowest BCUT2D eigenvalue weighted by molar-refractivity contribution is -0.113. The van der Waals surface area contributed by atoms with Crippen LogP contribution in [-0.2, 0) is 14.8 Å². The molecule has 1 aliphatic rings. The predicted molar refractivity (Wildman–Crippen MR) is 107 cm³/mol. The summed E-state index contributed by atoms with van der Waals surface area (Å²) in [4.78, 5) is 12.2. The lowest BCUT2D eigenvalue weighted by atomic mass is 10.1. The molecule has 136 valence electrons. The van der Waals surface area contributed by atoms with Crippen LogP contribution in [0.5, 0.6) is 0 Å². The van der Waals surface area contributed by atoms with Gasteiger partial charge < -0.3 is 10.6 Å². The molecular weight excluding hydrogens is 394 g/mol. The Morgan fingerprint density at radius 2 is 1.88 bits per heavy atom. The molecule has 0 unspecified atom stereocenters. The smallest absolute Gasteiger partial charge is 0.286 e. The normalized spacial score (nSPS) is 14.8. The molecular formula is C17H16ClN3O3S2. The van der Waals surface area contributed by atoms with Crippen molar-refractivity contribution in [3.8, 4) is 0 Å². The standard InChI is InChI=1S/C17H16ClN3O3S2/c1-10-5-11(2)7-13(6-10)19-16(22)9-25-17-20-14-4-3-12(18)8-15(14)26(23,24)21-17/h3-8H,9H2,1-2H3,(H,19,22)(H,20,21). The molecule has 0 aliphatic carbocycles. The summed E-state index contributed by atoms with van der Waals surface area (Å²) in [6.07, 6.45) is 0. The zero-order valence-electron chi connectivity index (χ0n) is 14.0. The van der Waals surface area contributed by atoms with Crippen molar-refractivity contribution in [3.63, 3.8) is 0 Å². The number of rotatable bonds is 3. The fourth-order valence-electron chi connectivity index (χ4n) is 2.55. The first-order chi connectivity index (χ1) is 12.2. The van der Waals surface area contributed by atoms with Crippen LogP contribution in [0.25, 0.3) is 0 Å². The Bertz CT molecular complexity index is 1000. The van der Waals surface area contributed by atoms with Gasteiger partial charge in [-0.3, -0.25) is 4.79 Å². The number of hydrogen-bond donors (Lipinski definition) is 2. The quantitative estimate of drug-likeness (QED) is 0.805. The number of aryl methyl sites for hydroxylation is 2. The molecule has 0 atom stereocenters. The SMILES string of the molecule is Cc1cc(C)cc(NC(=O)CSC2=NS(=O)(=O)c3cc(Cl)ccc3N2)c1. The lowest BCUT2D eigenvalue weighted by Crippen LogP contribution is -2.22. The molecule has 3 rings (SSSR count). The van der Waals surface area contributed by atoms with Gasteiger partial charge >= 0.3 is 0 Å². The number of thioether (sulfide) groups is 1. The Labute approximate surface area is 161 Å². The van der Waals surface area contributed by atoms with Crippen LogP contribution in [0.1, 0.15) is 11.1 Å². The van der Waals surface area contributed by atoms with Gasteiger partial charge in [0.25, 0.3) is 10.0 Å². The van der Waals surface area contributed by atoms with E-state index in [1.54, 1.807) is 12.1 Å². The van der Waals surface area contributed by atoms with Crippen molar-refractivity contribution in [1.82, 2.24) is 0 Å². The second-order valence-electron chi connectivity index (χ2n) is 5.85. The molecule has 0 radical (unpaired) electrons. The highest BCUT2D eigenvalue weighted by atomic mass is 35.5. The summed E-state index contributed by atoms with van der Waals surface area (Å²) in [6.45, 7) is 3.90. The van der Waals surface area contributed by atoms with Gasteiger partial charge in [-0.05, 0) is 55.3 Å². The summed E-state index contributed by atoms with van der Waals surface area (Å²) in [6, 6.07) is 10.3. The number of fused-ring (bicyclic) bond motifs is 1. The van der Waals surface area contributed by atoms with Crippen LogP contribution in [0.15, 0.2) is 45.7 Å². The third kappa shape index (κ3) is 4.38. The van der Waals surface area contributed by atoms with E-state index in [0.29, 0.717) is 16.4 Å². The Balaban J connectivity index is 1.68. The van der Waals surface area contributed by atoms with E-state index >= 15 is 0 Å². The minimum absolute atomic E-state index is 0.0223. The van der Waals surface area contributed by atoms with Crippen LogP contribution in [0.2, 0.25) is 5.02 Å². The summed E-state index contributed by atoms with van der Waals surface area (Å²) in [5, 5.41) is 6.18. The van der Waals surface area contributed by atoms with Gasteiger partial charge in [0, 0.05) is 10.7 Å². The molecule has 6 nitrogen and oxygen atoms in total. The molecule has 2 aromatic carbocycles. The molecule has 1 aliphatic heterocycles. The maximum atomic E-state index is 12.2. The van der Waals surface area contributed by atoms with E-state index < -0.39 is 10.0 Å². The van der Waals surface area contributed by atoms with Crippen LogP contribution in [0.3, 0.4) is 0 Å². The minimum Gasteiger partial charge on any atom is -0.333 e. The molecule has 1 amide bonds. The van der Waals surface area contributed by atoms with Crippen LogP contribution >= 0.6 is 23.4 Å². The zero-order chi connectivity index (χ0) is 18.9. The maximum Gasteiger partial charge on any atom is 0.286 e. The van der Waals surface area contributed by atoms with Crippen molar-refractivity contribution >= 4 is 55.8 Å². The Morgan fingerprint density at radius 3 is 2.58 bits per heavy atom. The highest BCUT2D eigenvalue weighted by molar-refractivity contribution is 8.15. The molecule has 2 N–H and O–H groups in total. The Kier molecular flexibility index (Phi) is 5.27. The molecule has 0 fully saturated rings. The number of hydrogen-bond acceptors (Lipinski definition) is 5. The van der Waals surface area contributed by atoms with Crippen LogP contribution in [0, 0.1) is 13.8 Å². The molecule has 0 saturated heterocycles. The largest absolute Gasteiger partial charge is 0.333 e. The second kappa shape index (κ2) is 7.30. The number of carbonyl (C=O) groups is 1. The van der Waals surface area contributed by atoms with Gasteiger partial charge in [-0.2, -0.15) is 8.42 Å². The summed E-state index contributed by atoms with van der Waals surface area (Å²) >= 11 is 6.86. The number of amides is 1. The maximum absolute atomic E-state index is 12.2. The number of benzene rings is 2. The van der Waals surface area contributed by atoms with Gasteiger partial charge in [-0.25, -0.2) is 0 Å². The van der Waals surface area contributed by atoms with Gasteiger partial charge in [-0.15, -0.1) is 4.40 Å². The summed E-state index contributed by atoms with van der Waals surface area (Å²) < 4.78 is 28.2. The molecule has 0 spiro atoms. The van der Waals surface area contributed by atoms with Gasteiger partial charge in [-0.1, -0.05) is 29.4 Å². The number of carbonyl (C=O) groups excluding carboxylic acids is 1. The first kappa shape index (κ1) is 18.8. The number of halogens is 1. The topological polar surface area (TPSA) is 87.6 Å². The number of nitrogens with one attached hydrogen (secondary N) is 2. The van der Waals surface area contributed by atoms with E-state index in [1.165, 1.54) is 6.07 Å². The van der Waals surface area contributed by atoms with Gasteiger partial charge in [0.15, 0.2) is 5.17 Å². The highest BCUT2D eigenvalue weighted by Gasteiger charge is 2.25. The molecule has 0 aromatic heterocycles. The van der Waals surface area contributed by atoms with Crippen molar-refractivity contribution in [2.24, 2.45) is 4.40 Å². The van der Waals surface area contributed by atoms with E-state index in [-0.39, 0.29) is 21.7 Å². The monoisotopic (exact) mass is 409 g/mol. The summed E-state index contributed by atoms with van der Waals surface area (Å²) in [5.41, 5.74) is 3.20. The van der Waals surface area contributed by atoms with Crippen LogP contribution in [-0.4, -0.2) is 25.2 Å². The molecule has 9 heteroatoms. The molecule has 2 aromatic rings. The predicted octanol–water partition coefficient (Wildman–Crippen LogP) is 3.80. The van der Waals surface area contributed by atoms with E-state index in [9.17, 15) is 13.2 Å². The fraction of sp³-hybridized carbons (Fsp3) is 0.176. The molecule has 0 bridgehead atoms. The Morgan fingerprint density at radius 1 is 1.19 bits per heavy atom. The van der Waals surface area contributed by atoms with E-state index in [1.807, 2.05) is 32.0 Å². The number of amidine groups is 1. The fourth-order valence-corrected chi connectivity index (χ4v) is 4.85. The van der Waals surface area contributed by atoms with E-state index in [2.05, 4.69) is 15.0 Å². The van der Waals surface area contributed by atoms with Crippen molar-refractivity contribution in [3.05, 3.63) is 52.5 Å². The lowest BCUT2D eigenvalue weighted by Gasteiger charge is -2.17. The Hall–Kier alpha value is -2.03. The van der Waals surface area contributed by atoms with Crippen LogP contribution < -0.4 is 10.6 Å². The first-order valence-corrected chi connectivity index (χ1v) is 10.5. The third-order valence-electron chi connectivity index (χ3n) is 3.51. The number of nitrogens with zero attached hydrogens (tertiary/aromatic N) is 1. The molecule has 1 heterocycles. The first-order valence-electron chi connectivity index (χ1n) is 7.65. The van der Waals surface area contributed by atoms with Gasteiger partial charge in [0.1, 0.15) is 4.90 Å². The number of sulfonamides is 1. The van der Waals surface area contributed by atoms with Crippen molar-refractivity contribution in [2.75, 3.05) is 16.4 Å². The average Bonchev–Trinajstić information content (AvgIpc) is 2.52. The zero-order valence-corrected chi connectivity index (χ0v) is 16.4. The van der Waals surface area contributed by atoms with Crippen molar-refractivity contribution in [1.29, 1.82) is 0 Å². The molecule has 26 heavy (non-hydrogen) atoms. The van der Waals surface area contributed by atoms with Gasteiger partial charge in [0.05, 0.1) is 11.4 Å². The van der Waals surface area contributed by atoms with Crippen LogP contribution in [0.4, 0.5) is 11.4 Å². The van der Waals surface area contributed by atoms with Gasteiger partial charge in [0.2, 0.25) is 5.91 Å². The van der Waals surface area contributed by atoms with E-state index in [4.69, 9.17) is 11.6 Å². The highest BCUT2D eigenvalue weighted by Crippen LogP contribution is 2.31. The summed E-state index contributed by atoms with van der Waals surface area (Å²) in [5.74, 6) is -0.221. The second-order valence-corrected chi connectivity index (χ2v) is 8.82. The van der Waals surface area contributed by atoms with Crippen molar-refractivity contribution < 1.29 is 13.2 Å². The summed E-state index contributed by atoms with van der Waals surface area (Å²) in [7, 11) is -3.84. The van der Waals surface area contributed by atoms with E-state index in [0.717, 1.165) is 22.9 Å². The minimum atomic E-state index is -3.84.